The first-order valence-electron chi connectivity index (χ1n) is 2.65. The number of aliphatic imine (C=N–C) groups is 1. The van der Waals surface area contributed by atoms with Gasteiger partial charge in [0.05, 0.1) is 0 Å². The molecule has 2 heteroatoms. The summed E-state index contributed by atoms with van der Waals surface area (Å²) in [4.78, 5) is 3.75. The predicted molar refractivity (Wildman–Crippen MR) is 43.2 cm³/mol. The highest BCUT2D eigenvalue weighted by molar-refractivity contribution is 6.34. The van der Waals surface area contributed by atoms with Crippen molar-refractivity contribution in [1.29, 1.82) is 0 Å². The van der Waals surface area contributed by atoms with Crippen LogP contribution in [0.2, 0.25) is 0 Å². The van der Waals surface area contributed by atoms with Gasteiger partial charge < -0.3 is 0 Å². The maximum atomic E-state index is 5.66. The predicted octanol–water partition coefficient (Wildman–Crippen LogP) is 2.39. The number of allylic oxidation sites excluding steroid dienone is 3. The summed E-state index contributed by atoms with van der Waals surface area (Å²) in [6, 6.07) is 0. The highest BCUT2D eigenvalue weighted by Gasteiger charge is 1.90. The van der Waals surface area contributed by atoms with Gasteiger partial charge in [-0.3, -0.25) is 4.99 Å². The SMILES string of the molecule is C=C(C=NC)/C(Cl)=C\C. The molecule has 0 fully saturated rings. The zero-order valence-electron chi connectivity index (χ0n) is 5.69. The molecule has 0 amide bonds. The highest BCUT2D eigenvalue weighted by atomic mass is 35.5. The van der Waals surface area contributed by atoms with Crippen LogP contribution in [0.4, 0.5) is 0 Å². The number of rotatable bonds is 2. The van der Waals surface area contributed by atoms with Gasteiger partial charge in [0.1, 0.15) is 0 Å². The van der Waals surface area contributed by atoms with E-state index in [1.165, 1.54) is 0 Å². The van der Waals surface area contributed by atoms with Crippen LogP contribution in [-0.4, -0.2) is 13.3 Å². The van der Waals surface area contributed by atoms with Crippen LogP contribution in [-0.2, 0) is 0 Å². The fourth-order valence-corrected chi connectivity index (χ4v) is 0.452. The molecule has 1 nitrogen and oxygen atoms in total. The second-order valence-electron chi connectivity index (χ2n) is 1.55. The van der Waals surface area contributed by atoms with Gasteiger partial charge in [-0.25, -0.2) is 0 Å². The molecular weight excluding hydrogens is 134 g/mol. The third-order valence-corrected chi connectivity index (χ3v) is 1.31. The molecule has 9 heavy (non-hydrogen) atoms. The van der Waals surface area contributed by atoms with E-state index in [2.05, 4.69) is 11.6 Å². The van der Waals surface area contributed by atoms with Crippen molar-refractivity contribution in [2.24, 2.45) is 4.99 Å². The number of hydrogen-bond acceptors (Lipinski definition) is 1. The van der Waals surface area contributed by atoms with Gasteiger partial charge in [-0.05, 0) is 6.92 Å². The van der Waals surface area contributed by atoms with Crippen LogP contribution in [0, 0.1) is 0 Å². The number of halogens is 1. The lowest BCUT2D eigenvalue weighted by Gasteiger charge is -1.91. The lowest BCUT2D eigenvalue weighted by Crippen LogP contribution is -1.80. The van der Waals surface area contributed by atoms with Gasteiger partial charge in [-0.15, -0.1) is 0 Å². The summed E-state index contributed by atoms with van der Waals surface area (Å²) in [7, 11) is 1.69. The molecule has 0 unspecified atom stereocenters. The molecule has 0 bridgehead atoms. The Morgan fingerprint density at radius 2 is 2.22 bits per heavy atom. The molecule has 0 aliphatic heterocycles. The van der Waals surface area contributed by atoms with Crippen LogP contribution in [0.5, 0.6) is 0 Å². The maximum absolute atomic E-state index is 5.66. The highest BCUT2D eigenvalue weighted by Crippen LogP contribution is 2.09. The molecule has 0 aliphatic carbocycles. The average molecular weight is 144 g/mol. The van der Waals surface area contributed by atoms with E-state index < -0.39 is 0 Å². The van der Waals surface area contributed by atoms with Crippen LogP contribution in [0.1, 0.15) is 6.92 Å². The Labute approximate surface area is 60.7 Å². The van der Waals surface area contributed by atoms with E-state index in [1.54, 1.807) is 19.3 Å². The molecule has 0 spiro atoms. The van der Waals surface area contributed by atoms with Crippen molar-refractivity contribution in [2.75, 3.05) is 7.05 Å². The van der Waals surface area contributed by atoms with Crippen LogP contribution < -0.4 is 0 Å². The minimum Gasteiger partial charge on any atom is -0.296 e. The Kier molecular flexibility index (Phi) is 4.06. The van der Waals surface area contributed by atoms with Crippen LogP contribution in [0.15, 0.2) is 28.3 Å². The fraction of sp³-hybridized carbons (Fsp3) is 0.286. The summed E-state index contributed by atoms with van der Waals surface area (Å²) in [5.74, 6) is 0. The Morgan fingerprint density at radius 3 is 2.56 bits per heavy atom. The summed E-state index contributed by atoms with van der Waals surface area (Å²) >= 11 is 5.66. The first-order chi connectivity index (χ1) is 4.22. The molecule has 0 aliphatic rings. The molecule has 0 rings (SSSR count). The van der Waals surface area contributed by atoms with Crippen molar-refractivity contribution in [3.8, 4) is 0 Å². The second kappa shape index (κ2) is 4.33. The summed E-state index contributed by atoms with van der Waals surface area (Å²) in [5, 5.41) is 0.653. The van der Waals surface area contributed by atoms with Gasteiger partial charge in [-0.1, -0.05) is 24.3 Å². The Balaban J connectivity index is 4.05. The van der Waals surface area contributed by atoms with Crippen molar-refractivity contribution >= 4 is 17.8 Å². The molecule has 50 valence electrons. The maximum Gasteiger partial charge on any atom is 0.0445 e. The minimum atomic E-state index is 0.653. The molecular formula is C7H10ClN. The smallest absolute Gasteiger partial charge is 0.0445 e. The standard InChI is InChI=1S/C7H10ClN/c1-4-7(8)6(2)5-9-3/h4-5H,2H2,1,3H3/b7-4+,9-5?. The normalized spacial score (nSPS) is 12.6. The number of nitrogens with zero attached hydrogens (tertiary/aromatic N) is 1. The van der Waals surface area contributed by atoms with Gasteiger partial charge in [-0.2, -0.15) is 0 Å². The topological polar surface area (TPSA) is 12.4 Å². The van der Waals surface area contributed by atoms with E-state index in [1.807, 2.05) is 6.92 Å². The molecule has 0 heterocycles. The van der Waals surface area contributed by atoms with E-state index >= 15 is 0 Å². The van der Waals surface area contributed by atoms with Crippen molar-refractivity contribution in [1.82, 2.24) is 0 Å². The minimum absolute atomic E-state index is 0.653. The zero-order valence-corrected chi connectivity index (χ0v) is 6.44. The van der Waals surface area contributed by atoms with Gasteiger partial charge >= 0.3 is 0 Å². The summed E-state index contributed by atoms with van der Waals surface area (Å²) in [6.45, 7) is 5.52. The Hall–Kier alpha value is -0.560. The van der Waals surface area contributed by atoms with Crippen molar-refractivity contribution in [2.45, 2.75) is 6.92 Å². The monoisotopic (exact) mass is 143 g/mol. The van der Waals surface area contributed by atoms with Crippen molar-refractivity contribution in [3.63, 3.8) is 0 Å². The average Bonchev–Trinajstić information content (AvgIpc) is 1.87. The fourth-order valence-electron chi connectivity index (χ4n) is 0.403. The first-order valence-corrected chi connectivity index (χ1v) is 3.03. The summed E-state index contributed by atoms with van der Waals surface area (Å²) < 4.78 is 0. The number of hydrogen-bond donors (Lipinski definition) is 0. The van der Waals surface area contributed by atoms with Crippen LogP contribution in [0.25, 0.3) is 0 Å². The van der Waals surface area contributed by atoms with Crippen LogP contribution in [0.3, 0.4) is 0 Å². The van der Waals surface area contributed by atoms with Gasteiger partial charge in [0.15, 0.2) is 0 Å². The van der Waals surface area contributed by atoms with Gasteiger partial charge in [0.2, 0.25) is 0 Å². The van der Waals surface area contributed by atoms with Gasteiger partial charge in [0.25, 0.3) is 0 Å². The lowest BCUT2D eigenvalue weighted by atomic mass is 10.3. The Morgan fingerprint density at radius 1 is 1.67 bits per heavy atom. The van der Waals surface area contributed by atoms with E-state index in [0.717, 1.165) is 5.57 Å². The van der Waals surface area contributed by atoms with E-state index in [4.69, 9.17) is 11.6 Å². The lowest BCUT2D eigenvalue weighted by molar-refractivity contribution is 1.46. The quantitative estimate of drug-likeness (QED) is 0.416. The van der Waals surface area contributed by atoms with E-state index in [-0.39, 0.29) is 0 Å². The molecule has 0 atom stereocenters. The third-order valence-electron chi connectivity index (χ3n) is 0.845. The molecule has 0 radical (unpaired) electrons. The van der Waals surface area contributed by atoms with Gasteiger partial charge in [0, 0.05) is 23.9 Å². The summed E-state index contributed by atoms with van der Waals surface area (Å²) in [6.07, 6.45) is 3.41. The molecule has 0 saturated heterocycles. The van der Waals surface area contributed by atoms with E-state index in [9.17, 15) is 0 Å². The molecule has 0 aromatic carbocycles. The Bertz CT molecular complexity index is 156. The second-order valence-corrected chi connectivity index (χ2v) is 1.96. The van der Waals surface area contributed by atoms with Crippen molar-refractivity contribution in [3.05, 3.63) is 23.3 Å². The molecule has 0 aromatic heterocycles. The van der Waals surface area contributed by atoms with E-state index in [0.29, 0.717) is 5.03 Å². The molecule has 0 aromatic rings. The van der Waals surface area contributed by atoms with Crippen LogP contribution >= 0.6 is 11.6 Å². The first kappa shape index (κ1) is 8.44. The zero-order chi connectivity index (χ0) is 7.28. The largest absolute Gasteiger partial charge is 0.296 e. The third kappa shape index (κ3) is 3.09. The molecule has 0 N–H and O–H groups in total. The summed E-state index contributed by atoms with van der Waals surface area (Å²) in [5.41, 5.74) is 0.752. The molecule has 0 saturated carbocycles. The van der Waals surface area contributed by atoms with Crippen molar-refractivity contribution < 1.29 is 0 Å².